The minimum absolute atomic E-state index is 0.188. The van der Waals surface area contributed by atoms with Crippen molar-refractivity contribution < 1.29 is 38.2 Å². The van der Waals surface area contributed by atoms with Gasteiger partial charge >= 0.3 is 18.3 Å². The smallest absolute Gasteiger partial charge is 0.414 e. The molecule has 0 radical (unpaired) electrons. The summed E-state index contributed by atoms with van der Waals surface area (Å²) in [6, 6.07) is 12.7. The number of carbonyl (C=O) groups excluding carboxylic acids is 5. The van der Waals surface area contributed by atoms with E-state index in [1.54, 1.807) is 111 Å². The predicted molar refractivity (Wildman–Crippen MR) is 174 cm³/mol. The van der Waals surface area contributed by atoms with Gasteiger partial charge in [-0.05, 0) is 117 Å². The van der Waals surface area contributed by atoms with E-state index in [4.69, 9.17) is 14.2 Å². The lowest BCUT2D eigenvalue weighted by Gasteiger charge is -2.22. The first-order valence-corrected chi connectivity index (χ1v) is 14.8. The molecule has 0 spiro atoms. The molecule has 0 aliphatic rings. The number of amides is 4. The van der Waals surface area contributed by atoms with Gasteiger partial charge in [0.1, 0.15) is 16.8 Å². The molecule has 4 amide bonds. The lowest BCUT2D eigenvalue weighted by molar-refractivity contribution is -0.116. The Kier molecular flexibility index (Phi) is 12.8. The van der Waals surface area contributed by atoms with Crippen LogP contribution in [0.15, 0.2) is 53.5 Å². The minimum atomic E-state index is -0.830. The van der Waals surface area contributed by atoms with Crippen molar-refractivity contribution in [2.45, 2.75) is 92.0 Å². The van der Waals surface area contributed by atoms with Gasteiger partial charge in [0.2, 0.25) is 11.9 Å². The molecule has 46 heavy (non-hydrogen) atoms. The molecule has 0 saturated carbocycles. The third-order valence-corrected chi connectivity index (χ3v) is 5.29. The average molecular weight is 640 g/mol. The molecular weight excluding hydrogens is 594 g/mol. The number of benzene rings is 2. The summed E-state index contributed by atoms with van der Waals surface area (Å²) in [6.07, 6.45) is -1.58. The van der Waals surface area contributed by atoms with Crippen LogP contribution >= 0.6 is 0 Å². The number of anilines is 1. The summed E-state index contributed by atoms with van der Waals surface area (Å²) in [7, 11) is 0. The van der Waals surface area contributed by atoms with Crippen molar-refractivity contribution in [2.75, 3.05) is 11.9 Å². The van der Waals surface area contributed by atoms with Gasteiger partial charge in [-0.25, -0.2) is 19.4 Å². The van der Waals surface area contributed by atoms with Gasteiger partial charge in [-0.2, -0.15) is 0 Å². The minimum Gasteiger partial charge on any atom is -0.444 e. The third kappa shape index (κ3) is 15.2. The van der Waals surface area contributed by atoms with Gasteiger partial charge in [-0.15, -0.1) is 0 Å². The van der Waals surface area contributed by atoms with Gasteiger partial charge in [-0.3, -0.25) is 20.2 Å². The number of hydrogen-bond acceptors (Lipinski definition) is 9. The van der Waals surface area contributed by atoms with E-state index in [1.807, 2.05) is 0 Å². The number of hydrogen-bond donors (Lipinski definition) is 4. The number of nitrogens with one attached hydrogen (secondary N) is 4. The van der Waals surface area contributed by atoms with Crippen molar-refractivity contribution in [3.63, 3.8) is 0 Å². The lowest BCUT2D eigenvalue weighted by Crippen LogP contribution is -2.47. The molecule has 0 heterocycles. The fourth-order valence-electron chi connectivity index (χ4n) is 3.55. The quantitative estimate of drug-likeness (QED) is 0.0869. The van der Waals surface area contributed by atoms with E-state index in [-0.39, 0.29) is 24.1 Å². The summed E-state index contributed by atoms with van der Waals surface area (Å²) < 4.78 is 15.7. The lowest BCUT2D eigenvalue weighted by atomic mass is 10.0. The Balaban J connectivity index is 2.02. The summed E-state index contributed by atoms with van der Waals surface area (Å²) in [5, 5.41) is 10.2. The van der Waals surface area contributed by atoms with Gasteiger partial charge in [0.25, 0.3) is 0 Å². The number of ether oxygens (including phenoxy) is 3. The highest BCUT2D eigenvalue weighted by atomic mass is 16.6. The molecule has 0 saturated heterocycles. The van der Waals surface area contributed by atoms with Gasteiger partial charge in [0.15, 0.2) is 5.78 Å². The second-order valence-electron chi connectivity index (χ2n) is 13.2. The number of guanidine groups is 1. The number of carbonyl (C=O) groups is 5. The molecular formula is C33H45N5O8. The van der Waals surface area contributed by atoms with Crippen molar-refractivity contribution in [3.05, 3.63) is 59.7 Å². The molecule has 0 aliphatic carbocycles. The van der Waals surface area contributed by atoms with Crippen LogP contribution in [0.25, 0.3) is 0 Å². The Morgan fingerprint density at radius 3 is 1.52 bits per heavy atom. The van der Waals surface area contributed by atoms with Crippen LogP contribution in [0.3, 0.4) is 0 Å². The van der Waals surface area contributed by atoms with Crippen molar-refractivity contribution >= 4 is 47.3 Å². The van der Waals surface area contributed by atoms with Crippen LogP contribution in [0.2, 0.25) is 0 Å². The summed E-state index contributed by atoms with van der Waals surface area (Å²) in [5.41, 5.74) is -0.539. The largest absolute Gasteiger partial charge is 0.444 e. The van der Waals surface area contributed by atoms with E-state index >= 15 is 0 Å². The Hall–Kier alpha value is -4.94. The Morgan fingerprint density at radius 2 is 1.07 bits per heavy atom. The van der Waals surface area contributed by atoms with Gasteiger partial charge < -0.3 is 24.8 Å². The van der Waals surface area contributed by atoms with Crippen molar-refractivity contribution in [1.82, 2.24) is 16.0 Å². The highest BCUT2D eigenvalue weighted by molar-refractivity contribution is 6.09. The molecule has 0 fully saturated rings. The van der Waals surface area contributed by atoms with E-state index in [0.29, 0.717) is 35.5 Å². The van der Waals surface area contributed by atoms with Crippen LogP contribution in [0, 0.1) is 0 Å². The Morgan fingerprint density at radius 1 is 0.630 bits per heavy atom. The van der Waals surface area contributed by atoms with Crippen LogP contribution in [0.5, 0.6) is 0 Å². The maximum absolute atomic E-state index is 13.1. The molecule has 0 unspecified atom stereocenters. The average Bonchev–Trinajstić information content (AvgIpc) is 2.88. The molecule has 2 rings (SSSR count). The van der Waals surface area contributed by atoms with Crippen molar-refractivity contribution in [1.29, 1.82) is 0 Å². The van der Waals surface area contributed by atoms with Crippen LogP contribution in [0.1, 0.15) is 91.1 Å². The maximum Gasteiger partial charge on any atom is 0.414 e. The highest BCUT2D eigenvalue weighted by Gasteiger charge is 2.22. The van der Waals surface area contributed by atoms with E-state index < -0.39 is 35.1 Å². The van der Waals surface area contributed by atoms with Gasteiger partial charge in [0, 0.05) is 29.8 Å². The molecule has 0 atom stereocenters. The highest BCUT2D eigenvalue weighted by Crippen LogP contribution is 2.18. The molecule has 2 aromatic rings. The standard InChI is InChI=1S/C33H45N5O8/c1-31(2,3)44-28(41)34-20-10-11-25(39)35-23-16-12-21(13-17-23)26(40)22-14-18-24(19-15-22)36-27(37-29(42)45-32(4,5)6)38-30(43)46-33(7,8)9/h12-19H,10-11,20H2,1-9H3,(H,34,41)(H,35,39)(H2,36,37,38,42,43). The normalized spacial score (nSPS) is 11.4. The molecule has 4 N–H and O–H groups in total. The van der Waals surface area contributed by atoms with E-state index in [1.165, 1.54) is 0 Å². The third-order valence-electron chi connectivity index (χ3n) is 5.29. The van der Waals surface area contributed by atoms with E-state index in [2.05, 4.69) is 26.3 Å². The molecule has 2 aromatic carbocycles. The molecule has 250 valence electrons. The molecule has 0 aliphatic heterocycles. The molecule has 13 nitrogen and oxygen atoms in total. The topological polar surface area (TPSA) is 174 Å². The van der Waals surface area contributed by atoms with Crippen molar-refractivity contribution in [2.24, 2.45) is 4.99 Å². The fraction of sp³-hybridized carbons (Fsp3) is 0.455. The van der Waals surface area contributed by atoms with Crippen LogP contribution in [-0.2, 0) is 19.0 Å². The summed E-state index contributed by atoms with van der Waals surface area (Å²) in [5.74, 6) is -0.719. The zero-order valence-corrected chi connectivity index (χ0v) is 28.0. The second kappa shape index (κ2) is 15.9. The summed E-state index contributed by atoms with van der Waals surface area (Å²) in [6.45, 7) is 15.8. The Labute approximate surface area is 269 Å². The molecule has 0 bridgehead atoms. The zero-order valence-electron chi connectivity index (χ0n) is 28.0. The first kappa shape index (κ1) is 37.2. The van der Waals surface area contributed by atoms with Crippen LogP contribution in [0.4, 0.5) is 25.8 Å². The fourth-order valence-corrected chi connectivity index (χ4v) is 3.55. The summed E-state index contributed by atoms with van der Waals surface area (Å²) in [4.78, 5) is 66.0. The first-order valence-electron chi connectivity index (χ1n) is 14.8. The van der Waals surface area contributed by atoms with Crippen LogP contribution < -0.4 is 21.3 Å². The maximum atomic E-state index is 13.1. The van der Waals surface area contributed by atoms with Gasteiger partial charge in [-0.1, -0.05) is 0 Å². The Bertz CT molecular complexity index is 1380. The first-order chi connectivity index (χ1) is 21.2. The van der Waals surface area contributed by atoms with Gasteiger partial charge in [0.05, 0.1) is 5.69 Å². The van der Waals surface area contributed by atoms with E-state index in [9.17, 15) is 24.0 Å². The van der Waals surface area contributed by atoms with Crippen LogP contribution in [-0.4, -0.2) is 59.3 Å². The SMILES string of the molecule is CC(C)(C)OC(=O)NCCCC(=O)Nc1ccc(C(=O)c2ccc(N=C(NC(=O)OC(C)(C)C)NC(=O)OC(C)(C)C)cc2)cc1. The summed E-state index contributed by atoms with van der Waals surface area (Å²) >= 11 is 0. The number of alkyl carbamates (subject to hydrolysis) is 3. The molecule has 0 aromatic heterocycles. The van der Waals surface area contributed by atoms with E-state index in [0.717, 1.165) is 0 Å². The van der Waals surface area contributed by atoms with Crippen molar-refractivity contribution in [3.8, 4) is 0 Å². The number of ketones is 1. The second-order valence-corrected chi connectivity index (χ2v) is 13.2. The predicted octanol–water partition coefficient (Wildman–Crippen LogP) is 6.20. The number of nitrogens with zero attached hydrogens (tertiary/aromatic N) is 1. The number of rotatable bonds is 8. The monoisotopic (exact) mass is 639 g/mol. The zero-order chi connectivity index (χ0) is 34.7. The number of aliphatic imine (C=N–C) groups is 1. The molecule has 13 heteroatoms.